The number of anilines is 1. The standard InChI is InChI=1S/C29H28ClNO5/c1-5-34-22-13-11-21(12-14-22)31-25(32)17-35-28-26(33)23-16-20(30)10-15-24(23)36-27(28)18-6-8-19(9-7-18)29(2,3)4/h6-16H,5,17H2,1-4H3,(H,31,32). The van der Waals surface area contributed by atoms with Crippen molar-refractivity contribution in [2.45, 2.75) is 33.1 Å². The Labute approximate surface area is 214 Å². The van der Waals surface area contributed by atoms with Gasteiger partial charge in [0.1, 0.15) is 11.3 Å². The van der Waals surface area contributed by atoms with Crippen molar-refractivity contribution in [2.24, 2.45) is 0 Å². The summed E-state index contributed by atoms with van der Waals surface area (Å²) in [6, 6.07) is 19.6. The van der Waals surface area contributed by atoms with E-state index < -0.39 is 11.3 Å². The second-order valence-electron chi connectivity index (χ2n) is 9.35. The third-order valence-electron chi connectivity index (χ3n) is 5.62. The van der Waals surface area contributed by atoms with E-state index >= 15 is 0 Å². The molecule has 0 saturated carbocycles. The van der Waals surface area contributed by atoms with Crippen LogP contribution in [-0.2, 0) is 10.2 Å². The number of nitrogens with one attached hydrogen (secondary N) is 1. The zero-order valence-corrected chi connectivity index (χ0v) is 21.4. The Hall–Kier alpha value is -3.77. The van der Waals surface area contributed by atoms with Crippen molar-refractivity contribution in [3.05, 3.63) is 87.5 Å². The molecule has 0 aliphatic rings. The number of hydrogen-bond donors (Lipinski definition) is 1. The predicted molar refractivity (Wildman–Crippen MR) is 143 cm³/mol. The van der Waals surface area contributed by atoms with Gasteiger partial charge in [0, 0.05) is 16.3 Å². The molecule has 0 unspecified atom stereocenters. The average molecular weight is 506 g/mol. The van der Waals surface area contributed by atoms with Gasteiger partial charge in [-0.2, -0.15) is 0 Å². The quantitative estimate of drug-likeness (QED) is 0.298. The lowest BCUT2D eigenvalue weighted by Crippen LogP contribution is -2.22. The van der Waals surface area contributed by atoms with E-state index in [1.165, 1.54) is 6.07 Å². The number of amides is 1. The molecule has 1 aromatic heterocycles. The van der Waals surface area contributed by atoms with Gasteiger partial charge in [0.2, 0.25) is 11.2 Å². The zero-order valence-electron chi connectivity index (χ0n) is 20.7. The van der Waals surface area contributed by atoms with Crippen molar-refractivity contribution in [1.29, 1.82) is 0 Å². The van der Waals surface area contributed by atoms with E-state index in [1.807, 2.05) is 31.2 Å². The van der Waals surface area contributed by atoms with E-state index in [1.54, 1.807) is 36.4 Å². The molecule has 3 aromatic carbocycles. The maximum Gasteiger partial charge on any atom is 0.262 e. The molecule has 0 aliphatic heterocycles. The summed E-state index contributed by atoms with van der Waals surface area (Å²) in [7, 11) is 0. The van der Waals surface area contributed by atoms with Gasteiger partial charge in [0.15, 0.2) is 12.4 Å². The Bertz CT molecular complexity index is 1430. The third kappa shape index (κ3) is 5.71. The number of halogens is 1. The Morgan fingerprint density at radius 1 is 0.972 bits per heavy atom. The van der Waals surface area contributed by atoms with Crippen LogP contribution >= 0.6 is 11.6 Å². The van der Waals surface area contributed by atoms with Gasteiger partial charge in [0.05, 0.1) is 12.0 Å². The molecule has 0 spiro atoms. The van der Waals surface area contributed by atoms with Crippen molar-refractivity contribution in [3.8, 4) is 22.8 Å². The first-order chi connectivity index (χ1) is 17.2. The van der Waals surface area contributed by atoms with Crippen LogP contribution in [0.3, 0.4) is 0 Å². The molecule has 0 saturated heterocycles. The van der Waals surface area contributed by atoms with E-state index in [0.29, 0.717) is 34.2 Å². The Kier molecular flexibility index (Phi) is 7.36. The second kappa shape index (κ2) is 10.5. The molecule has 7 heteroatoms. The Balaban J connectivity index is 1.64. The fourth-order valence-corrected chi connectivity index (χ4v) is 3.90. The van der Waals surface area contributed by atoms with Crippen molar-refractivity contribution in [1.82, 2.24) is 0 Å². The normalized spacial score (nSPS) is 11.4. The van der Waals surface area contributed by atoms with Crippen LogP contribution in [0.2, 0.25) is 5.02 Å². The highest BCUT2D eigenvalue weighted by atomic mass is 35.5. The zero-order chi connectivity index (χ0) is 25.9. The van der Waals surface area contributed by atoms with Gasteiger partial charge in [-0.15, -0.1) is 0 Å². The number of fused-ring (bicyclic) bond motifs is 1. The maximum atomic E-state index is 13.4. The minimum atomic E-state index is -0.418. The van der Waals surface area contributed by atoms with Gasteiger partial charge in [0.25, 0.3) is 5.91 Å². The molecule has 0 bridgehead atoms. The van der Waals surface area contributed by atoms with Gasteiger partial charge in [-0.1, -0.05) is 56.6 Å². The summed E-state index contributed by atoms with van der Waals surface area (Å²) in [5.74, 6) is 0.499. The molecule has 0 fully saturated rings. The second-order valence-corrected chi connectivity index (χ2v) is 9.79. The topological polar surface area (TPSA) is 77.8 Å². The molecule has 0 aliphatic carbocycles. The van der Waals surface area contributed by atoms with Gasteiger partial charge in [-0.25, -0.2) is 0 Å². The van der Waals surface area contributed by atoms with Crippen LogP contribution in [0.5, 0.6) is 11.5 Å². The number of ether oxygens (including phenoxy) is 2. The van der Waals surface area contributed by atoms with Gasteiger partial charge < -0.3 is 19.2 Å². The molecule has 1 amide bonds. The molecule has 4 aromatic rings. The summed E-state index contributed by atoms with van der Waals surface area (Å²) in [4.78, 5) is 26.0. The molecular formula is C29H28ClNO5. The van der Waals surface area contributed by atoms with E-state index in [2.05, 4.69) is 26.1 Å². The molecule has 1 heterocycles. The molecule has 6 nitrogen and oxygen atoms in total. The highest BCUT2D eigenvalue weighted by Gasteiger charge is 2.20. The number of carbonyl (C=O) groups excluding carboxylic acids is 1. The summed E-state index contributed by atoms with van der Waals surface area (Å²) in [5.41, 5.74) is 2.34. The Morgan fingerprint density at radius 2 is 1.67 bits per heavy atom. The van der Waals surface area contributed by atoms with Crippen LogP contribution in [0.4, 0.5) is 5.69 Å². The smallest absolute Gasteiger partial charge is 0.262 e. The maximum absolute atomic E-state index is 13.4. The first kappa shape index (κ1) is 25.3. The minimum absolute atomic E-state index is 0.0300. The first-order valence-electron chi connectivity index (χ1n) is 11.7. The van der Waals surface area contributed by atoms with Crippen molar-refractivity contribution >= 4 is 34.2 Å². The third-order valence-corrected chi connectivity index (χ3v) is 5.86. The number of rotatable bonds is 7. The van der Waals surface area contributed by atoms with Crippen LogP contribution < -0.4 is 20.2 Å². The van der Waals surface area contributed by atoms with E-state index in [9.17, 15) is 9.59 Å². The van der Waals surface area contributed by atoms with Crippen LogP contribution in [-0.4, -0.2) is 19.1 Å². The summed E-state index contributed by atoms with van der Waals surface area (Å²) < 4.78 is 17.3. The predicted octanol–water partition coefficient (Wildman–Crippen LogP) is 6.83. The lowest BCUT2D eigenvalue weighted by molar-refractivity contribution is -0.118. The largest absolute Gasteiger partial charge is 0.494 e. The van der Waals surface area contributed by atoms with Gasteiger partial charge in [-0.05, 0) is 60.4 Å². The fourth-order valence-electron chi connectivity index (χ4n) is 3.73. The summed E-state index contributed by atoms with van der Waals surface area (Å²) >= 11 is 6.11. The molecule has 1 N–H and O–H groups in total. The lowest BCUT2D eigenvalue weighted by Gasteiger charge is -2.19. The molecule has 0 radical (unpaired) electrons. The van der Waals surface area contributed by atoms with Crippen LogP contribution in [0.25, 0.3) is 22.3 Å². The van der Waals surface area contributed by atoms with Crippen LogP contribution in [0, 0.1) is 0 Å². The summed E-state index contributed by atoms with van der Waals surface area (Å²) in [6.45, 7) is 8.45. The van der Waals surface area contributed by atoms with E-state index in [4.69, 9.17) is 25.5 Å². The lowest BCUT2D eigenvalue weighted by atomic mass is 9.86. The molecule has 36 heavy (non-hydrogen) atoms. The molecule has 0 atom stereocenters. The number of hydrogen-bond acceptors (Lipinski definition) is 5. The summed E-state index contributed by atoms with van der Waals surface area (Å²) in [6.07, 6.45) is 0. The summed E-state index contributed by atoms with van der Waals surface area (Å²) in [5, 5.41) is 3.43. The highest BCUT2D eigenvalue weighted by molar-refractivity contribution is 6.31. The van der Waals surface area contributed by atoms with Gasteiger partial charge in [-0.3, -0.25) is 9.59 Å². The number of benzene rings is 3. The average Bonchev–Trinajstić information content (AvgIpc) is 2.84. The highest BCUT2D eigenvalue weighted by Crippen LogP contribution is 2.33. The molecule has 4 rings (SSSR count). The molecular weight excluding hydrogens is 478 g/mol. The monoisotopic (exact) mass is 505 g/mol. The van der Waals surface area contributed by atoms with E-state index in [0.717, 1.165) is 5.56 Å². The molecule has 186 valence electrons. The Morgan fingerprint density at radius 3 is 2.31 bits per heavy atom. The van der Waals surface area contributed by atoms with Crippen molar-refractivity contribution in [2.75, 3.05) is 18.5 Å². The number of carbonyl (C=O) groups is 1. The van der Waals surface area contributed by atoms with Crippen molar-refractivity contribution in [3.63, 3.8) is 0 Å². The van der Waals surface area contributed by atoms with Crippen LogP contribution in [0.1, 0.15) is 33.3 Å². The van der Waals surface area contributed by atoms with Crippen molar-refractivity contribution < 1.29 is 18.7 Å². The minimum Gasteiger partial charge on any atom is -0.494 e. The first-order valence-corrected chi connectivity index (χ1v) is 12.1. The van der Waals surface area contributed by atoms with Crippen LogP contribution in [0.15, 0.2) is 75.9 Å². The fraction of sp³-hybridized carbons (Fsp3) is 0.241. The SMILES string of the molecule is CCOc1ccc(NC(=O)COc2c(-c3ccc(C(C)(C)C)cc3)oc3ccc(Cl)cc3c2=O)cc1. The van der Waals surface area contributed by atoms with Gasteiger partial charge >= 0.3 is 0 Å². The van der Waals surface area contributed by atoms with E-state index in [-0.39, 0.29) is 28.9 Å².